The molecule has 0 radical (unpaired) electrons. The van der Waals surface area contributed by atoms with Crippen molar-refractivity contribution in [2.24, 2.45) is 5.92 Å². The Morgan fingerprint density at radius 2 is 2.27 bits per heavy atom. The van der Waals surface area contributed by atoms with Crippen LogP contribution in [0.15, 0.2) is 18.2 Å². The fourth-order valence-corrected chi connectivity index (χ4v) is 0.980. The van der Waals surface area contributed by atoms with Crippen LogP contribution in [0.25, 0.3) is 0 Å². The van der Waals surface area contributed by atoms with Crippen molar-refractivity contribution >= 4 is 11.7 Å². The number of hydrogen-bond acceptors (Lipinski definition) is 4. The monoisotopic (exact) mass is 209 g/mol. The molecule has 1 atom stereocenters. The molecule has 0 amide bonds. The van der Waals surface area contributed by atoms with Crippen molar-refractivity contribution in [3.05, 3.63) is 18.2 Å². The normalized spacial score (nSPS) is 12.1. The predicted octanol–water partition coefficient (Wildman–Crippen LogP) is 1.93. The Hall–Kier alpha value is -1.71. The maximum atomic E-state index is 11.4. The summed E-state index contributed by atoms with van der Waals surface area (Å²) in [7, 11) is 0. The molecule has 1 rings (SSSR count). The van der Waals surface area contributed by atoms with E-state index in [1.54, 1.807) is 6.92 Å². The van der Waals surface area contributed by atoms with Crippen molar-refractivity contribution in [3.8, 4) is 11.5 Å². The lowest BCUT2D eigenvalue weighted by atomic mass is 10.1. The van der Waals surface area contributed by atoms with Crippen LogP contribution in [0.4, 0.5) is 5.69 Å². The molecule has 1 unspecified atom stereocenters. The zero-order valence-corrected chi connectivity index (χ0v) is 8.86. The van der Waals surface area contributed by atoms with Gasteiger partial charge in [0.05, 0.1) is 11.6 Å². The van der Waals surface area contributed by atoms with Gasteiger partial charge in [0, 0.05) is 6.07 Å². The highest BCUT2D eigenvalue weighted by molar-refractivity contribution is 5.75. The Bertz CT molecular complexity index is 363. The third kappa shape index (κ3) is 2.87. The van der Waals surface area contributed by atoms with Gasteiger partial charge < -0.3 is 15.6 Å². The molecule has 82 valence electrons. The Morgan fingerprint density at radius 3 is 2.80 bits per heavy atom. The zero-order valence-electron chi connectivity index (χ0n) is 8.86. The van der Waals surface area contributed by atoms with Gasteiger partial charge in [0.1, 0.15) is 11.5 Å². The standard InChI is InChI=1S/C11H15NO3/c1-3-7(2)11(14)15-8-4-5-10(13)9(12)6-8/h4-7,13H,3,12H2,1-2H3. The number of nitrogens with two attached hydrogens (primary N) is 1. The molecule has 0 spiro atoms. The molecule has 0 aliphatic rings. The largest absolute Gasteiger partial charge is 0.506 e. The fourth-order valence-electron chi connectivity index (χ4n) is 0.980. The molecule has 1 aromatic carbocycles. The molecule has 0 aromatic heterocycles. The minimum Gasteiger partial charge on any atom is -0.506 e. The third-order valence-electron chi connectivity index (χ3n) is 2.23. The van der Waals surface area contributed by atoms with Crippen LogP contribution in [0.1, 0.15) is 20.3 Å². The summed E-state index contributed by atoms with van der Waals surface area (Å²) in [5.41, 5.74) is 5.66. The molecule has 4 heteroatoms. The number of benzene rings is 1. The molecule has 0 saturated carbocycles. The summed E-state index contributed by atoms with van der Waals surface area (Å²) in [6.07, 6.45) is 0.729. The second kappa shape index (κ2) is 4.68. The lowest BCUT2D eigenvalue weighted by molar-refractivity contribution is -0.138. The number of nitrogen functional groups attached to an aromatic ring is 1. The number of hydrogen-bond donors (Lipinski definition) is 2. The molecule has 0 bridgehead atoms. The highest BCUT2D eigenvalue weighted by Crippen LogP contribution is 2.25. The minimum atomic E-state index is -0.289. The SMILES string of the molecule is CCC(C)C(=O)Oc1ccc(O)c(N)c1. The average molecular weight is 209 g/mol. The molecule has 0 fully saturated rings. The third-order valence-corrected chi connectivity index (χ3v) is 2.23. The molecule has 4 nitrogen and oxygen atoms in total. The van der Waals surface area contributed by atoms with E-state index < -0.39 is 0 Å². The average Bonchev–Trinajstić information content (AvgIpc) is 2.22. The van der Waals surface area contributed by atoms with Gasteiger partial charge in [0.15, 0.2) is 0 Å². The second-order valence-corrected chi connectivity index (χ2v) is 3.45. The van der Waals surface area contributed by atoms with E-state index >= 15 is 0 Å². The quantitative estimate of drug-likeness (QED) is 0.345. The number of rotatable bonds is 3. The summed E-state index contributed by atoms with van der Waals surface area (Å²) >= 11 is 0. The summed E-state index contributed by atoms with van der Waals surface area (Å²) in [6.45, 7) is 3.71. The van der Waals surface area contributed by atoms with Crippen molar-refractivity contribution in [2.75, 3.05) is 5.73 Å². The number of anilines is 1. The van der Waals surface area contributed by atoms with Gasteiger partial charge in [-0.25, -0.2) is 0 Å². The summed E-state index contributed by atoms with van der Waals surface area (Å²) in [4.78, 5) is 11.4. The summed E-state index contributed by atoms with van der Waals surface area (Å²) in [6, 6.07) is 4.33. The van der Waals surface area contributed by atoms with E-state index in [1.165, 1.54) is 18.2 Å². The van der Waals surface area contributed by atoms with Crippen molar-refractivity contribution in [1.82, 2.24) is 0 Å². The van der Waals surface area contributed by atoms with Crippen LogP contribution in [0, 0.1) is 5.92 Å². The number of carbonyl (C=O) groups is 1. The highest BCUT2D eigenvalue weighted by Gasteiger charge is 2.13. The number of ether oxygens (including phenoxy) is 1. The van der Waals surface area contributed by atoms with Crippen LogP contribution in [0.3, 0.4) is 0 Å². The van der Waals surface area contributed by atoms with Gasteiger partial charge in [-0.05, 0) is 18.6 Å². The minimum absolute atomic E-state index is 0.0154. The lowest BCUT2D eigenvalue weighted by Crippen LogP contribution is -2.16. The van der Waals surface area contributed by atoms with E-state index in [-0.39, 0.29) is 23.3 Å². The highest BCUT2D eigenvalue weighted by atomic mass is 16.5. The molecule has 0 aliphatic heterocycles. The van der Waals surface area contributed by atoms with E-state index in [2.05, 4.69) is 0 Å². The van der Waals surface area contributed by atoms with Crippen LogP contribution >= 0.6 is 0 Å². The first-order valence-electron chi connectivity index (χ1n) is 4.84. The van der Waals surface area contributed by atoms with Gasteiger partial charge in [-0.2, -0.15) is 0 Å². The van der Waals surface area contributed by atoms with Crippen LogP contribution in [0.5, 0.6) is 11.5 Å². The summed E-state index contributed by atoms with van der Waals surface area (Å²) in [5.74, 6) is -0.0865. The molecule has 1 aromatic rings. The lowest BCUT2D eigenvalue weighted by Gasteiger charge is -2.09. The Labute approximate surface area is 88.7 Å². The smallest absolute Gasteiger partial charge is 0.314 e. The van der Waals surface area contributed by atoms with Gasteiger partial charge in [0.25, 0.3) is 0 Å². The molecular weight excluding hydrogens is 194 g/mol. The molecular formula is C11H15NO3. The van der Waals surface area contributed by atoms with Crippen LogP contribution in [-0.2, 0) is 4.79 Å². The Kier molecular flexibility index (Phi) is 3.55. The maximum absolute atomic E-state index is 11.4. The van der Waals surface area contributed by atoms with E-state index in [0.29, 0.717) is 5.75 Å². The van der Waals surface area contributed by atoms with Crippen molar-refractivity contribution < 1.29 is 14.6 Å². The predicted molar refractivity (Wildman–Crippen MR) is 57.6 cm³/mol. The topological polar surface area (TPSA) is 72.5 Å². The number of phenols is 1. The van der Waals surface area contributed by atoms with Crippen LogP contribution in [-0.4, -0.2) is 11.1 Å². The van der Waals surface area contributed by atoms with Crippen molar-refractivity contribution in [2.45, 2.75) is 20.3 Å². The number of aromatic hydroxyl groups is 1. The number of phenolic OH excluding ortho intramolecular Hbond substituents is 1. The van der Waals surface area contributed by atoms with E-state index in [9.17, 15) is 4.79 Å². The van der Waals surface area contributed by atoms with E-state index in [1.807, 2.05) is 6.92 Å². The second-order valence-electron chi connectivity index (χ2n) is 3.45. The molecule has 0 saturated heterocycles. The zero-order chi connectivity index (χ0) is 11.4. The molecule has 0 aliphatic carbocycles. The first-order valence-corrected chi connectivity index (χ1v) is 4.84. The summed E-state index contributed by atoms with van der Waals surface area (Å²) < 4.78 is 5.07. The van der Waals surface area contributed by atoms with Gasteiger partial charge in [-0.1, -0.05) is 13.8 Å². The number of esters is 1. The van der Waals surface area contributed by atoms with Crippen molar-refractivity contribution in [1.29, 1.82) is 0 Å². The van der Waals surface area contributed by atoms with E-state index in [4.69, 9.17) is 15.6 Å². The first kappa shape index (κ1) is 11.4. The van der Waals surface area contributed by atoms with Gasteiger partial charge in [-0.15, -0.1) is 0 Å². The molecule has 3 N–H and O–H groups in total. The van der Waals surface area contributed by atoms with Crippen LogP contribution in [0.2, 0.25) is 0 Å². The Morgan fingerprint density at radius 1 is 1.60 bits per heavy atom. The van der Waals surface area contributed by atoms with Gasteiger partial charge in [0.2, 0.25) is 0 Å². The van der Waals surface area contributed by atoms with Gasteiger partial charge >= 0.3 is 5.97 Å². The Balaban J connectivity index is 2.73. The first-order chi connectivity index (χ1) is 7.04. The molecule has 0 heterocycles. The van der Waals surface area contributed by atoms with Crippen LogP contribution < -0.4 is 10.5 Å². The van der Waals surface area contributed by atoms with Crippen molar-refractivity contribution in [3.63, 3.8) is 0 Å². The number of carbonyl (C=O) groups excluding carboxylic acids is 1. The fraction of sp³-hybridized carbons (Fsp3) is 0.364. The summed E-state index contributed by atoms with van der Waals surface area (Å²) in [5, 5.41) is 9.17. The van der Waals surface area contributed by atoms with E-state index in [0.717, 1.165) is 6.42 Å². The van der Waals surface area contributed by atoms with Gasteiger partial charge in [-0.3, -0.25) is 4.79 Å². The maximum Gasteiger partial charge on any atom is 0.314 e. The molecule has 15 heavy (non-hydrogen) atoms.